The Morgan fingerprint density at radius 1 is 1.17 bits per heavy atom. The number of β-amino-alcohol motifs (C(OH)–C–C–N with tert-alkyl or cyclic N) is 1. The highest BCUT2D eigenvalue weighted by Gasteiger charge is 2.37. The number of amides is 3. The van der Waals surface area contributed by atoms with Crippen LogP contribution in [0.1, 0.15) is 37.0 Å². The van der Waals surface area contributed by atoms with Gasteiger partial charge in [-0.25, -0.2) is 18.5 Å². The summed E-state index contributed by atoms with van der Waals surface area (Å²) in [5.41, 5.74) is -2.52. The average Bonchev–Trinajstić information content (AvgIpc) is 3.36. The van der Waals surface area contributed by atoms with Crippen molar-refractivity contribution in [1.82, 2.24) is 14.9 Å². The summed E-state index contributed by atoms with van der Waals surface area (Å²) in [6.07, 6.45) is 2.13. The molecule has 0 unspecified atom stereocenters. The minimum Gasteiger partial charge on any atom is -0.502 e. The van der Waals surface area contributed by atoms with Gasteiger partial charge in [0.1, 0.15) is 23.9 Å². The second kappa shape index (κ2) is 9.38. The highest BCUT2D eigenvalue weighted by Crippen LogP contribution is 2.22. The lowest BCUT2D eigenvalue weighted by Crippen LogP contribution is -2.57. The maximum atomic E-state index is 13.9. The lowest BCUT2D eigenvalue weighted by molar-refractivity contribution is 0.0623. The molecule has 11 nitrogen and oxygen atoms in total. The number of carbonyl (C=O) groups is 3. The van der Waals surface area contributed by atoms with Gasteiger partial charge < -0.3 is 24.8 Å². The third-order valence-corrected chi connectivity index (χ3v) is 5.25. The van der Waals surface area contributed by atoms with E-state index in [0.29, 0.717) is 6.07 Å². The van der Waals surface area contributed by atoms with Crippen LogP contribution in [0.3, 0.4) is 0 Å². The lowest BCUT2D eigenvalue weighted by atomic mass is 10.1. The Kier molecular flexibility index (Phi) is 6.34. The van der Waals surface area contributed by atoms with Gasteiger partial charge >= 0.3 is 5.91 Å². The van der Waals surface area contributed by atoms with Crippen molar-refractivity contribution in [2.75, 3.05) is 24.8 Å². The van der Waals surface area contributed by atoms with Crippen LogP contribution in [0, 0.1) is 11.6 Å². The molecular weight excluding hydrogens is 470 g/mol. The predicted molar refractivity (Wildman–Crippen MR) is 114 cm³/mol. The molecule has 35 heavy (non-hydrogen) atoms. The fourth-order valence-electron chi connectivity index (χ4n) is 3.50. The van der Waals surface area contributed by atoms with Crippen LogP contribution in [0.15, 0.2) is 52.0 Å². The van der Waals surface area contributed by atoms with Crippen LogP contribution in [0.25, 0.3) is 0 Å². The Labute approximate surface area is 195 Å². The van der Waals surface area contributed by atoms with Gasteiger partial charge in [0, 0.05) is 30.9 Å². The van der Waals surface area contributed by atoms with Crippen LogP contribution >= 0.6 is 0 Å². The number of rotatable bonds is 6. The normalized spacial score (nSPS) is 13.1. The number of nitrogens with one attached hydrogen (secondary N) is 1. The molecule has 0 saturated heterocycles. The second-order valence-electron chi connectivity index (χ2n) is 7.45. The number of aromatic nitrogens is 1. The number of halogens is 2. The van der Waals surface area contributed by atoms with Crippen molar-refractivity contribution < 1.29 is 37.8 Å². The van der Waals surface area contributed by atoms with E-state index in [2.05, 4.69) is 5.32 Å². The quantitative estimate of drug-likeness (QED) is 0.459. The zero-order chi connectivity index (χ0) is 25.3. The van der Waals surface area contributed by atoms with Gasteiger partial charge in [-0.15, -0.1) is 0 Å². The number of benzene rings is 1. The zero-order valence-electron chi connectivity index (χ0n) is 17.9. The first-order valence-corrected chi connectivity index (χ1v) is 10.2. The molecule has 3 heterocycles. The Morgan fingerprint density at radius 3 is 2.60 bits per heavy atom. The molecule has 182 valence electrons. The lowest BCUT2D eigenvalue weighted by Gasteiger charge is -2.37. The molecule has 0 saturated carbocycles. The summed E-state index contributed by atoms with van der Waals surface area (Å²) < 4.78 is 32.9. The number of aliphatic hydroxyl groups excluding tert-OH is 1. The predicted octanol–water partition coefficient (Wildman–Crippen LogP) is 0.539. The smallest absolute Gasteiger partial charge is 0.310 e. The van der Waals surface area contributed by atoms with Crippen molar-refractivity contribution >= 4 is 17.7 Å². The summed E-state index contributed by atoms with van der Waals surface area (Å²) in [5.74, 6) is -5.63. The van der Waals surface area contributed by atoms with E-state index >= 15 is 0 Å². The fourth-order valence-corrected chi connectivity index (χ4v) is 3.50. The van der Waals surface area contributed by atoms with Crippen LogP contribution in [0.4, 0.5) is 8.78 Å². The highest BCUT2D eigenvalue weighted by atomic mass is 19.1. The molecule has 2 aromatic heterocycles. The van der Waals surface area contributed by atoms with Gasteiger partial charge in [0.15, 0.2) is 17.2 Å². The Hall–Kier alpha value is -4.52. The maximum absolute atomic E-state index is 13.9. The van der Waals surface area contributed by atoms with Crippen LogP contribution in [0.5, 0.6) is 5.75 Å². The van der Waals surface area contributed by atoms with Crippen molar-refractivity contribution in [3.63, 3.8) is 0 Å². The number of furan rings is 1. The van der Waals surface area contributed by atoms with Crippen LogP contribution < -0.4 is 15.8 Å². The molecule has 3 aromatic rings. The number of aromatic hydroxyl groups is 1. The average molecular weight is 488 g/mol. The molecule has 0 fully saturated rings. The molecule has 3 amide bonds. The van der Waals surface area contributed by atoms with E-state index < -0.39 is 71.6 Å². The molecule has 0 aliphatic carbocycles. The monoisotopic (exact) mass is 488 g/mol. The topological polar surface area (TPSA) is 145 Å². The highest BCUT2D eigenvalue weighted by molar-refractivity contribution is 6.04. The van der Waals surface area contributed by atoms with Crippen molar-refractivity contribution in [2.45, 2.75) is 6.54 Å². The van der Waals surface area contributed by atoms with Crippen LogP contribution in [0.2, 0.25) is 0 Å². The summed E-state index contributed by atoms with van der Waals surface area (Å²) in [4.78, 5) is 52.3. The summed E-state index contributed by atoms with van der Waals surface area (Å²) in [5, 5.41) is 23.0. The van der Waals surface area contributed by atoms with Gasteiger partial charge in [0.05, 0.1) is 12.9 Å². The first kappa shape index (κ1) is 23.6. The molecule has 0 bridgehead atoms. The van der Waals surface area contributed by atoms with E-state index in [1.165, 1.54) is 18.4 Å². The van der Waals surface area contributed by atoms with E-state index in [0.717, 1.165) is 32.9 Å². The SMILES string of the molecule is O=C(NCc1ccc(F)cc1F)c1cn2c(c(O)c1=O)C(=O)N(CCO)CN2C(=O)c1ccco1. The third-order valence-electron chi connectivity index (χ3n) is 5.25. The molecule has 0 spiro atoms. The number of pyridine rings is 1. The molecule has 4 rings (SSSR count). The summed E-state index contributed by atoms with van der Waals surface area (Å²) in [6.45, 7) is -1.47. The Balaban J connectivity index is 1.73. The van der Waals surface area contributed by atoms with E-state index in [1.54, 1.807) is 0 Å². The summed E-state index contributed by atoms with van der Waals surface area (Å²) >= 11 is 0. The first-order chi connectivity index (χ1) is 16.7. The number of fused-ring (bicyclic) bond motifs is 1. The molecule has 3 N–H and O–H groups in total. The third kappa shape index (κ3) is 4.36. The van der Waals surface area contributed by atoms with Gasteiger partial charge in [-0.05, 0) is 18.2 Å². The van der Waals surface area contributed by atoms with E-state index in [-0.39, 0.29) is 17.9 Å². The number of hydrogen-bond acceptors (Lipinski definition) is 7. The van der Waals surface area contributed by atoms with Gasteiger partial charge in [0.25, 0.3) is 11.8 Å². The van der Waals surface area contributed by atoms with Gasteiger partial charge in [-0.3, -0.25) is 19.2 Å². The van der Waals surface area contributed by atoms with Crippen LogP contribution in [-0.2, 0) is 6.54 Å². The molecule has 1 aromatic carbocycles. The number of aliphatic hydroxyl groups is 1. The largest absolute Gasteiger partial charge is 0.502 e. The van der Waals surface area contributed by atoms with E-state index in [1.807, 2.05) is 0 Å². The Morgan fingerprint density at radius 2 is 1.94 bits per heavy atom. The van der Waals surface area contributed by atoms with Gasteiger partial charge in [0.2, 0.25) is 5.43 Å². The summed E-state index contributed by atoms with van der Waals surface area (Å²) in [7, 11) is 0. The number of nitrogens with zero attached hydrogens (tertiary/aromatic N) is 3. The molecular formula is C22H18F2N4O7. The minimum absolute atomic E-state index is 0.0634. The molecule has 0 radical (unpaired) electrons. The van der Waals surface area contributed by atoms with Crippen molar-refractivity contribution in [3.8, 4) is 5.75 Å². The zero-order valence-corrected chi connectivity index (χ0v) is 17.9. The van der Waals surface area contributed by atoms with E-state index in [4.69, 9.17) is 4.42 Å². The van der Waals surface area contributed by atoms with Gasteiger partial charge in [-0.2, -0.15) is 0 Å². The molecule has 0 atom stereocenters. The summed E-state index contributed by atoms with van der Waals surface area (Å²) in [6, 6.07) is 5.53. The number of carbonyl (C=O) groups excluding carboxylic acids is 3. The standard InChI is InChI=1S/C22H18F2N4O7/c23-13-4-3-12(15(24)8-13)9-25-20(32)14-10-27-17(19(31)18(14)30)22(34)26(5-6-29)11-28(27)21(33)16-2-1-7-35-16/h1-4,7-8,10,29,31H,5-6,9,11H2,(H,25,32). The molecule has 1 aliphatic rings. The van der Waals surface area contributed by atoms with Crippen molar-refractivity contribution in [2.24, 2.45) is 0 Å². The van der Waals surface area contributed by atoms with Crippen molar-refractivity contribution in [1.29, 1.82) is 0 Å². The van der Waals surface area contributed by atoms with Crippen LogP contribution in [-0.4, -0.2) is 57.3 Å². The first-order valence-electron chi connectivity index (χ1n) is 10.2. The molecule has 13 heteroatoms. The van der Waals surface area contributed by atoms with E-state index in [9.17, 15) is 38.2 Å². The molecule has 1 aliphatic heterocycles. The second-order valence-corrected chi connectivity index (χ2v) is 7.45. The number of hydrogen-bond donors (Lipinski definition) is 3. The maximum Gasteiger partial charge on any atom is 0.310 e. The van der Waals surface area contributed by atoms with Gasteiger partial charge in [-0.1, -0.05) is 6.07 Å². The minimum atomic E-state index is -1.21. The van der Waals surface area contributed by atoms with Crippen molar-refractivity contribution in [3.05, 3.63) is 87.2 Å². The Bertz CT molecular complexity index is 1370. The fraction of sp³-hybridized carbons (Fsp3) is 0.182.